The maximum Gasteiger partial charge on any atom is 0.136 e. The Kier molecular flexibility index (Phi) is 2.61. The van der Waals surface area contributed by atoms with Gasteiger partial charge in [0.15, 0.2) is 0 Å². The van der Waals surface area contributed by atoms with Crippen molar-refractivity contribution in [3.8, 4) is 11.3 Å². The van der Waals surface area contributed by atoms with Gasteiger partial charge in [-0.05, 0) is 36.8 Å². The molecule has 0 aliphatic rings. The summed E-state index contributed by atoms with van der Waals surface area (Å²) in [5, 5.41) is 1.11. The summed E-state index contributed by atoms with van der Waals surface area (Å²) in [7, 11) is 0. The Labute approximate surface area is 105 Å². The molecule has 2 aromatic heterocycles. The Balaban J connectivity index is 2.13. The molecule has 3 nitrogen and oxygen atoms in total. The summed E-state index contributed by atoms with van der Waals surface area (Å²) in [6.07, 6.45) is 3.57. The van der Waals surface area contributed by atoms with E-state index in [1.165, 1.54) is 5.56 Å². The highest BCUT2D eigenvalue weighted by atomic mass is 16.3. The average molecular weight is 238 g/mol. The number of pyridine rings is 1. The molecule has 0 aliphatic heterocycles. The molecule has 3 aromatic rings. The molecular formula is C15H14N2O. The van der Waals surface area contributed by atoms with E-state index in [0.717, 1.165) is 27.9 Å². The summed E-state index contributed by atoms with van der Waals surface area (Å²) in [6.45, 7) is 2.56. The van der Waals surface area contributed by atoms with Crippen molar-refractivity contribution in [1.82, 2.24) is 4.98 Å². The van der Waals surface area contributed by atoms with Crippen molar-refractivity contribution in [3.63, 3.8) is 0 Å². The lowest BCUT2D eigenvalue weighted by molar-refractivity contribution is 0.631. The Bertz CT molecular complexity index is 701. The normalized spacial score (nSPS) is 11.0. The summed E-state index contributed by atoms with van der Waals surface area (Å²) in [5.41, 5.74) is 9.71. The molecule has 3 heteroatoms. The molecule has 0 saturated carbocycles. The van der Waals surface area contributed by atoms with E-state index in [1.807, 2.05) is 24.3 Å². The second-order valence-corrected chi connectivity index (χ2v) is 4.44. The van der Waals surface area contributed by atoms with Crippen molar-refractivity contribution < 1.29 is 4.42 Å². The fraction of sp³-hybridized carbons (Fsp3) is 0.133. The van der Waals surface area contributed by atoms with Crippen LogP contribution in [0.5, 0.6) is 0 Å². The highest BCUT2D eigenvalue weighted by Gasteiger charge is 2.07. The highest BCUT2D eigenvalue weighted by Crippen LogP contribution is 2.28. The Morgan fingerprint density at radius 3 is 2.89 bits per heavy atom. The van der Waals surface area contributed by atoms with Gasteiger partial charge in [0, 0.05) is 29.9 Å². The Morgan fingerprint density at radius 2 is 2.06 bits per heavy atom. The van der Waals surface area contributed by atoms with Crippen LogP contribution < -0.4 is 5.73 Å². The molecule has 0 spiro atoms. The maximum absolute atomic E-state index is 5.83. The van der Waals surface area contributed by atoms with Gasteiger partial charge >= 0.3 is 0 Å². The standard InChI is InChI=1S/C15H14N2O/c1-10-2-3-14-12(4-10)6-15(18-14)13-5-11(7-16)8-17-9-13/h2-6,8-9H,7,16H2,1H3. The van der Waals surface area contributed by atoms with Crippen molar-refractivity contribution in [2.45, 2.75) is 13.5 Å². The van der Waals surface area contributed by atoms with Crippen LogP contribution in [0.15, 0.2) is 47.1 Å². The van der Waals surface area contributed by atoms with Gasteiger partial charge in [-0.3, -0.25) is 4.98 Å². The number of nitrogens with two attached hydrogens (primary N) is 1. The van der Waals surface area contributed by atoms with E-state index >= 15 is 0 Å². The van der Waals surface area contributed by atoms with Crippen LogP contribution in [0.25, 0.3) is 22.3 Å². The van der Waals surface area contributed by atoms with E-state index in [0.29, 0.717) is 6.54 Å². The van der Waals surface area contributed by atoms with Crippen LogP contribution in [0.4, 0.5) is 0 Å². The van der Waals surface area contributed by atoms with Crippen LogP contribution in [0.2, 0.25) is 0 Å². The first kappa shape index (κ1) is 11.0. The van der Waals surface area contributed by atoms with Crippen molar-refractivity contribution in [2.24, 2.45) is 5.73 Å². The lowest BCUT2D eigenvalue weighted by Crippen LogP contribution is -1.96. The van der Waals surface area contributed by atoms with Crippen molar-refractivity contribution in [3.05, 3.63) is 53.9 Å². The first-order chi connectivity index (χ1) is 8.76. The van der Waals surface area contributed by atoms with E-state index in [1.54, 1.807) is 12.4 Å². The number of benzene rings is 1. The Morgan fingerprint density at radius 1 is 1.17 bits per heavy atom. The van der Waals surface area contributed by atoms with Crippen molar-refractivity contribution in [1.29, 1.82) is 0 Å². The topological polar surface area (TPSA) is 52.0 Å². The zero-order valence-electron chi connectivity index (χ0n) is 10.2. The van der Waals surface area contributed by atoms with Gasteiger partial charge in [0.05, 0.1) is 0 Å². The number of aromatic nitrogens is 1. The molecule has 1 aromatic carbocycles. The minimum atomic E-state index is 0.486. The van der Waals surface area contributed by atoms with E-state index < -0.39 is 0 Å². The lowest BCUT2D eigenvalue weighted by atomic mass is 10.1. The van der Waals surface area contributed by atoms with E-state index in [2.05, 4.69) is 18.0 Å². The molecule has 0 bridgehead atoms. The van der Waals surface area contributed by atoms with Gasteiger partial charge in [-0.2, -0.15) is 0 Å². The summed E-state index contributed by atoms with van der Waals surface area (Å²) in [6, 6.07) is 10.2. The van der Waals surface area contributed by atoms with E-state index in [9.17, 15) is 0 Å². The number of aryl methyl sites for hydroxylation is 1. The number of nitrogens with zero attached hydrogens (tertiary/aromatic N) is 1. The highest BCUT2D eigenvalue weighted by molar-refractivity contribution is 5.83. The predicted octanol–water partition coefficient (Wildman–Crippen LogP) is 3.26. The van der Waals surface area contributed by atoms with Gasteiger partial charge < -0.3 is 10.2 Å². The molecule has 0 fully saturated rings. The quantitative estimate of drug-likeness (QED) is 0.745. The zero-order chi connectivity index (χ0) is 12.5. The van der Waals surface area contributed by atoms with Crippen LogP contribution in [0.3, 0.4) is 0 Å². The van der Waals surface area contributed by atoms with Crippen LogP contribution in [0, 0.1) is 6.92 Å². The molecule has 0 unspecified atom stereocenters. The number of hydrogen-bond acceptors (Lipinski definition) is 3. The van der Waals surface area contributed by atoms with Gasteiger partial charge in [0.1, 0.15) is 11.3 Å². The second-order valence-electron chi connectivity index (χ2n) is 4.44. The first-order valence-electron chi connectivity index (χ1n) is 5.91. The summed E-state index contributed by atoms with van der Waals surface area (Å²) < 4.78 is 5.83. The van der Waals surface area contributed by atoms with Gasteiger partial charge in [0.25, 0.3) is 0 Å². The fourth-order valence-electron chi connectivity index (χ4n) is 2.04. The summed E-state index contributed by atoms with van der Waals surface area (Å²) in [5.74, 6) is 0.832. The lowest BCUT2D eigenvalue weighted by Gasteiger charge is -1.99. The smallest absolute Gasteiger partial charge is 0.136 e. The van der Waals surface area contributed by atoms with Crippen molar-refractivity contribution in [2.75, 3.05) is 0 Å². The molecule has 90 valence electrons. The molecule has 3 rings (SSSR count). The third kappa shape index (κ3) is 1.89. The predicted molar refractivity (Wildman–Crippen MR) is 72.1 cm³/mol. The number of fused-ring (bicyclic) bond motifs is 1. The first-order valence-corrected chi connectivity index (χ1v) is 5.91. The molecular weight excluding hydrogens is 224 g/mol. The second kappa shape index (κ2) is 4.27. The SMILES string of the molecule is Cc1ccc2oc(-c3cncc(CN)c3)cc2c1. The van der Waals surface area contributed by atoms with Gasteiger partial charge in [-0.25, -0.2) is 0 Å². The molecule has 0 aliphatic carbocycles. The van der Waals surface area contributed by atoms with Crippen molar-refractivity contribution >= 4 is 11.0 Å². The molecule has 0 atom stereocenters. The van der Waals surface area contributed by atoms with Gasteiger partial charge in [-0.15, -0.1) is 0 Å². The largest absolute Gasteiger partial charge is 0.456 e. The minimum Gasteiger partial charge on any atom is -0.456 e. The molecule has 0 saturated heterocycles. The number of rotatable bonds is 2. The minimum absolute atomic E-state index is 0.486. The number of furan rings is 1. The van der Waals surface area contributed by atoms with Gasteiger partial charge in [0.2, 0.25) is 0 Å². The third-order valence-corrected chi connectivity index (χ3v) is 2.99. The Hall–Kier alpha value is -2.13. The van der Waals surface area contributed by atoms with Crippen LogP contribution in [0.1, 0.15) is 11.1 Å². The molecule has 0 radical (unpaired) electrons. The van der Waals surface area contributed by atoms with Gasteiger partial charge in [-0.1, -0.05) is 11.6 Å². The van der Waals surface area contributed by atoms with E-state index in [4.69, 9.17) is 10.2 Å². The average Bonchev–Trinajstić information content (AvgIpc) is 2.81. The molecule has 2 heterocycles. The summed E-state index contributed by atoms with van der Waals surface area (Å²) >= 11 is 0. The molecule has 0 amide bonds. The van der Waals surface area contributed by atoms with Crippen LogP contribution >= 0.6 is 0 Å². The van der Waals surface area contributed by atoms with Crippen LogP contribution in [-0.2, 0) is 6.54 Å². The molecule has 2 N–H and O–H groups in total. The monoisotopic (exact) mass is 238 g/mol. The number of hydrogen-bond donors (Lipinski definition) is 1. The third-order valence-electron chi connectivity index (χ3n) is 2.99. The summed E-state index contributed by atoms with van der Waals surface area (Å²) in [4.78, 5) is 4.18. The fourth-order valence-corrected chi connectivity index (χ4v) is 2.04. The van der Waals surface area contributed by atoms with Crippen LogP contribution in [-0.4, -0.2) is 4.98 Å². The zero-order valence-corrected chi connectivity index (χ0v) is 10.2. The van der Waals surface area contributed by atoms with E-state index in [-0.39, 0.29) is 0 Å². The maximum atomic E-state index is 5.83. The molecule has 18 heavy (non-hydrogen) atoms.